The number of aromatic nitrogens is 3. The highest BCUT2D eigenvalue weighted by Gasteiger charge is 2.31. The monoisotopic (exact) mass is 300 g/mol. The third-order valence-electron chi connectivity index (χ3n) is 3.41. The molecule has 2 heterocycles. The van der Waals surface area contributed by atoms with Crippen LogP contribution in [-0.4, -0.2) is 21.1 Å². The van der Waals surface area contributed by atoms with Gasteiger partial charge < -0.3 is 5.73 Å². The molecule has 2 N–H and O–H groups in total. The lowest BCUT2D eigenvalue weighted by atomic mass is 9.94. The first-order chi connectivity index (χ1) is 9.81. The predicted molar refractivity (Wildman–Crippen MR) is 73.7 cm³/mol. The Labute approximate surface area is 121 Å². The van der Waals surface area contributed by atoms with Crippen LogP contribution in [0.3, 0.4) is 0 Å². The topological polar surface area (TPSA) is 56.2 Å². The second-order valence-corrected chi connectivity index (χ2v) is 5.70. The molecule has 2 rings (SSSR count). The Morgan fingerprint density at radius 1 is 1.24 bits per heavy atom. The molecule has 1 unspecified atom stereocenters. The molecular weight excluding hydrogens is 281 g/mol. The smallest absolute Gasteiger partial charge is 0.330 e. The fourth-order valence-electron chi connectivity index (χ4n) is 2.43. The van der Waals surface area contributed by atoms with Gasteiger partial charge in [-0.1, -0.05) is 13.8 Å². The number of fused-ring (bicyclic) bond motifs is 1. The van der Waals surface area contributed by atoms with Crippen LogP contribution >= 0.6 is 0 Å². The van der Waals surface area contributed by atoms with Gasteiger partial charge in [0.2, 0.25) is 0 Å². The Kier molecular flexibility index (Phi) is 4.51. The van der Waals surface area contributed by atoms with Gasteiger partial charge in [0.05, 0.1) is 5.56 Å². The fourth-order valence-corrected chi connectivity index (χ4v) is 2.43. The summed E-state index contributed by atoms with van der Waals surface area (Å²) in [6.45, 7) is 4.66. The lowest BCUT2D eigenvalue weighted by molar-refractivity contribution is -0.137. The SMILES string of the molecule is CC(C)CC(CN)Cc1nnc2ccc(C(F)(F)F)cn12. The van der Waals surface area contributed by atoms with Crippen LogP contribution in [0.15, 0.2) is 18.3 Å². The Hall–Kier alpha value is -1.63. The minimum Gasteiger partial charge on any atom is -0.330 e. The summed E-state index contributed by atoms with van der Waals surface area (Å²) in [5.41, 5.74) is 5.45. The highest BCUT2D eigenvalue weighted by atomic mass is 19.4. The van der Waals surface area contributed by atoms with Gasteiger partial charge in [-0.15, -0.1) is 10.2 Å². The van der Waals surface area contributed by atoms with Crippen LogP contribution in [0.5, 0.6) is 0 Å². The van der Waals surface area contributed by atoms with Crippen molar-refractivity contribution in [2.45, 2.75) is 32.9 Å². The summed E-state index contributed by atoms with van der Waals surface area (Å²) in [4.78, 5) is 0. The number of hydrogen-bond acceptors (Lipinski definition) is 3. The molecule has 0 radical (unpaired) electrons. The lowest BCUT2D eigenvalue weighted by Crippen LogP contribution is -2.20. The van der Waals surface area contributed by atoms with Crippen molar-refractivity contribution in [3.05, 3.63) is 29.7 Å². The van der Waals surface area contributed by atoms with E-state index in [1.807, 2.05) is 0 Å². The van der Waals surface area contributed by atoms with Gasteiger partial charge in [0, 0.05) is 12.6 Å². The van der Waals surface area contributed by atoms with Crippen LogP contribution in [0.1, 0.15) is 31.7 Å². The number of nitrogens with two attached hydrogens (primary N) is 1. The van der Waals surface area contributed by atoms with Crippen LogP contribution < -0.4 is 5.73 Å². The maximum Gasteiger partial charge on any atom is 0.417 e. The van der Waals surface area contributed by atoms with Crippen LogP contribution in [-0.2, 0) is 12.6 Å². The zero-order valence-corrected chi connectivity index (χ0v) is 12.1. The summed E-state index contributed by atoms with van der Waals surface area (Å²) in [5, 5.41) is 7.92. The number of alkyl halides is 3. The van der Waals surface area contributed by atoms with Crippen molar-refractivity contribution in [3.8, 4) is 0 Å². The molecule has 2 aromatic heterocycles. The van der Waals surface area contributed by atoms with Crippen molar-refractivity contribution in [1.82, 2.24) is 14.6 Å². The summed E-state index contributed by atoms with van der Waals surface area (Å²) in [7, 11) is 0. The van der Waals surface area contributed by atoms with Gasteiger partial charge in [-0.05, 0) is 36.9 Å². The van der Waals surface area contributed by atoms with E-state index in [1.165, 1.54) is 10.5 Å². The van der Waals surface area contributed by atoms with Crippen molar-refractivity contribution >= 4 is 5.65 Å². The van der Waals surface area contributed by atoms with E-state index in [2.05, 4.69) is 24.0 Å². The first-order valence-corrected chi connectivity index (χ1v) is 6.92. The van der Waals surface area contributed by atoms with E-state index in [9.17, 15) is 13.2 Å². The van der Waals surface area contributed by atoms with Crippen molar-refractivity contribution in [2.24, 2.45) is 17.6 Å². The quantitative estimate of drug-likeness (QED) is 0.923. The molecule has 0 aliphatic heterocycles. The molecule has 0 fully saturated rings. The maximum absolute atomic E-state index is 12.8. The highest BCUT2D eigenvalue weighted by molar-refractivity contribution is 5.40. The summed E-state index contributed by atoms with van der Waals surface area (Å²) in [6, 6.07) is 2.35. The van der Waals surface area contributed by atoms with E-state index in [0.717, 1.165) is 18.7 Å². The van der Waals surface area contributed by atoms with Crippen molar-refractivity contribution in [2.75, 3.05) is 6.54 Å². The summed E-state index contributed by atoms with van der Waals surface area (Å²) >= 11 is 0. The largest absolute Gasteiger partial charge is 0.417 e. The molecule has 4 nitrogen and oxygen atoms in total. The Morgan fingerprint density at radius 3 is 2.52 bits per heavy atom. The average Bonchev–Trinajstić information content (AvgIpc) is 2.79. The molecule has 0 aromatic carbocycles. The molecule has 0 bridgehead atoms. The molecule has 0 spiro atoms. The van der Waals surface area contributed by atoms with Crippen LogP contribution in [0.4, 0.5) is 13.2 Å². The standard InChI is InChI=1S/C14H19F3N4/c1-9(2)5-10(7-18)6-13-20-19-12-4-3-11(8-21(12)13)14(15,16)17/h3-4,8-10H,5-7,18H2,1-2H3. The van der Waals surface area contributed by atoms with E-state index in [-0.39, 0.29) is 5.92 Å². The van der Waals surface area contributed by atoms with Crippen LogP contribution in [0.2, 0.25) is 0 Å². The van der Waals surface area contributed by atoms with Gasteiger partial charge in [0.15, 0.2) is 5.65 Å². The molecular formula is C14H19F3N4. The molecule has 1 atom stereocenters. The van der Waals surface area contributed by atoms with Gasteiger partial charge in [-0.25, -0.2) is 0 Å². The summed E-state index contributed by atoms with van der Waals surface area (Å²) in [6.07, 6.45) is -1.89. The number of pyridine rings is 1. The lowest BCUT2D eigenvalue weighted by Gasteiger charge is -2.16. The third kappa shape index (κ3) is 3.72. The van der Waals surface area contributed by atoms with E-state index in [0.29, 0.717) is 30.4 Å². The van der Waals surface area contributed by atoms with E-state index in [1.54, 1.807) is 0 Å². The minimum absolute atomic E-state index is 0.187. The maximum atomic E-state index is 12.8. The van der Waals surface area contributed by atoms with Crippen molar-refractivity contribution < 1.29 is 13.2 Å². The van der Waals surface area contributed by atoms with E-state index < -0.39 is 11.7 Å². The second-order valence-electron chi connectivity index (χ2n) is 5.70. The fraction of sp³-hybridized carbons (Fsp3) is 0.571. The van der Waals surface area contributed by atoms with Crippen molar-refractivity contribution in [1.29, 1.82) is 0 Å². The number of nitrogens with zero attached hydrogens (tertiary/aromatic N) is 3. The molecule has 21 heavy (non-hydrogen) atoms. The first kappa shape index (κ1) is 15.8. The van der Waals surface area contributed by atoms with Gasteiger partial charge in [-0.2, -0.15) is 13.2 Å². The second kappa shape index (κ2) is 6.01. The van der Waals surface area contributed by atoms with Crippen molar-refractivity contribution in [3.63, 3.8) is 0 Å². The zero-order chi connectivity index (χ0) is 15.6. The van der Waals surface area contributed by atoms with Crippen LogP contribution in [0, 0.1) is 11.8 Å². The number of rotatable bonds is 5. The highest BCUT2D eigenvalue weighted by Crippen LogP contribution is 2.29. The molecule has 2 aromatic rings. The Morgan fingerprint density at radius 2 is 1.95 bits per heavy atom. The normalized spacial score (nSPS) is 14.0. The minimum atomic E-state index is -4.37. The Balaban J connectivity index is 2.31. The molecule has 7 heteroatoms. The molecule has 0 aliphatic carbocycles. The summed E-state index contributed by atoms with van der Waals surface area (Å²) < 4.78 is 39.7. The molecule has 116 valence electrons. The van der Waals surface area contributed by atoms with Gasteiger partial charge >= 0.3 is 6.18 Å². The van der Waals surface area contributed by atoms with Crippen LogP contribution in [0.25, 0.3) is 5.65 Å². The summed E-state index contributed by atoms with van der Waals surface area (Å²) in [5.74, 6) is 1.18. The van der Waals surface area contributed by atoms with E-state index in [4.69, 9.17) is 5.73 Å². The number of halogens is 3. The molecule has 0 saturated carbocycles. The Bertz CT molecular complexity index is 604. The van der Waals surface area contributed by atoms with Gasteiger partial charge in [0.25, 0.3) is 0 Å². The molecule has 0 amide bonds. The zero-order valence-electron chi connectivity index (χ0n) is 12.1. The molecule has 0 saturated heterocycles. The first-order valence-electron chi connectivity index (χ1n) is 6.92. The van der Waals surface area contributed by atoms with Gasteiger partial charge in [0.1, 0.15) is 5.82 Å². The molecule has 0 aliphatic rings. The van der Waals surface area contributed by atoms with Gasteiger partial charge in [-0.3, -0.25) is 4.40 Å². The predicted octanol–water partition coefficient (Wildman–Crippen LogP) is 2.91. The average molecular weight is 300 g/mol. The third-order valence-corrected chi connectivity index (χ3v) is 3.41. The number of hydrogen-bond donors (Lipinski definition) is 1. The van der Waals surface area contributed by atoms with E-state index >= 15 is 0 Å².